The summed E-state index contributed by atoms with van der Waals surface area (Å²) in [5, 5.41) is 4.04. The fraction of sp³-hybridized carbons (Fsp3) is 0.278. The highest BCUT2D eigenvalue weighted by molar-refractivity contribution is 6.29. The Kier molecular flexibility index (Phi) is 6.61. The van der Waals surface area contributed by atoms with E-state index in [1.54, 1.807) is 6.07 Å². The quantitative estimate of drug-likeness (QED) is 0.215. The molecule has 0 radical (unpaired) electrons. The number of nitrogens with one attached hydrogen (secondary N) is 1. The Labute approximate surface area is 261 Å². The Morgan fingerprint density at radius 3 is 1.77 bits per heavy atom. The molecule has 0 aliphatic carbocycles. The third-order valence-electron chi connectivity index (χ3n) is 9.06. The van der Waals surface area contributed by atoms with Crippen LogP contribution < -0.4 is 5.32 Å². The highest BCUT2D eigenvalue weighted by Crippen LogP contribution is 2.36. The van der Waals surface area contributed by atoms with E-state index in [9.17, 15) is 0 Å². The van der Waals surface area contributed by atoms with Crippen molar-refractivity contribution < 1.29 is 0 Å². The number of aromatic nitrogens is 6. The molecule has 220 valence electrons. The molecule has 7 heterocycles. The van der Waals surface area contributed by atoms with Crippen LogP contribution in [0.5, 0.6) is 0 Å². The van der Waals surface area contributed by atoms with Gasteiger partial charge in [0.05, 0.1) is 17.8 Å². The molecule has 6 aromatic rings. The minimum atomic E-state index is 0.0396. The molecule has 0 fully saturated rings. The lowest BCUT2D eigenvalue weighted by Crippen LogP contribution is -2.32. The van der Waals surface area contributed by atoms with Gasteiger partial charge < -0.3 is 14.5 Å². The Morgan fingerprint density at radius 2 is 1.23 bits per heavy atom. The molecule has 44 heavy (non-hydrogen) atoms. The van der Waals surface area contributed by atoms with Crippen LogP contribution >= 0.6 is 11.6 Å². The number of halogens is 1. The van der Waals surface area contributed by atoms with E-state index < -0.39 is 0 Å². The molecular formula is C36H34ClN7. The predicted molar refractivity (Wildman–Crippen MR) is 176 cm³/mol. The Bertz CT molecular complexity index is 2020. The van der Waals surface area contributed by atoms with Gasteiger partial charge in [0.25, 0.3) is 0 Å². The normalized spacial score (nSPS) is 19.9. The Morgan fingerprint density at radius 1 is 0.682 bits per heavy atom. The maximum atomic E-state index is 6.02. The van der Waals surface area contributed by atoms with E-state index >= 15 is 0 Å². The summed E-state index contributed by atoms with van der Waals surface area (Å²) in [6.45, 7) is 5.26. The molecule has 0 saturated heterocycles. The number of imidazole rings is 2. The Hall–Kier alpha value is -4.33. The summed E-state index contributed by atoms with van der Waals surface area (Å²) < 4.78 is 4.58. The van der Waals surface area contributed by atoms with E-state index in [1.165, 1.54) is 16.7 Å². The van der Waals surface area contributed by atoms with Crippen molar-refractivity contribution in [1.82, 2.24) is 34.4 Å². The molecule has 0 bridgehead atoms. The van der Waals surface area contributed by atoms with Gasteiger partial charge in [-0.1, -0.05) is 78.3 Å². The smallest absolute Gasteiger partial charge is 0.162 e. The van der Waals surface area contributed by atoms with Gasteiger partial charge in [0.1, 0.15) is 27.8 Å². The largest absolute Gasteiger partial charge is 0.305 e. The molecule has 0 unspecified atom stereocenters. The summed E-state index contributed by atoms with van der Waals surface area (Å²) in [7, 11) is 0. The van der Waals surface area contributed by atoms with E-state index in [0.29, 0.717) is 17.2 Å². The average Bonchev–Trinajstić information content (AvgIpc) is 3.85. The second-order valence-corrected chi connectivity index (χ2v) is 12.9. The van der Waals surface area contributed by atoms with Crippen molar-refractivity contribution in [3.05, 3.63) is 125 Å². The third-order valence-corrected chi connectivity index (χ3v) is 9.27. The first-order chi connectivity index (χ1) is 21.4. The zero-order valence-corrected chi connectivity index (χ0v) is 25.7. The minimum absolute atomic E-state index is 0.0396. The molecule has 3 aliphatic rings. The molecule has 2 aromatic carbocycles. The van der Waals surface area contributed by atoms with Crippen LogP contribution in [0.25, 0.3) is 27.9 Å². The number of rotatable bonds is 3. The zero-order valence-electron chi connectivity index (χ0n) is 24.9. The summed E-state index contributed by atoms with van der Waals surface area (Å²) in [6, 6.07) is 29.9. The van der Waals surface area contributed by atoms with Gasteiger partial charge in [0, 0.05) is 24.9 Å². The molecule has 8 heteroatoms. The summed E-state index contributed by atoms with van der Waals surface area (Å²) in [4.78, 5) is 19.0. The van der Waals surface area contributed by atoms with Crippen molar-refractivity contribution in [1.29, 1.82) is 0 Å². The fourth-order valence-electron chi connectivity index (χ4n) is 7.00. The van der Waals surface area contributed by atoms with E-state index in [-0.39, 0.29) is 5.54 Å². The standard InChI is InChI=1S/C21H22N4.C15H12ClN3/c1-21(2)12-15(13-22-21)16-8-9-17-20(24-16)25-18(10-11-19(25)23-17)14-6-4-3-5-7-14;16-13-8-6-11-15(18-13)19-12(7-9-14(19)17-11)10-4-2-1-3-5-10/h3-9,12,18,22H,10-11,13H2,1-2H3;1-6,8,12H,7,9H2/t18-;12-/m11/s1. The maximum Gasteiger partial charge on any atom is 0.162 e. The first-order valence-electron chi connectivity index (χ1n) is 15.4. The van der Waals surface area contributed by atoms with Gasteiger partial charge in [0.15, 0.2) is 11.3 Å². The van der Waals surface area contributed by atoms with Crippen molar-refractivity contribution in [3.63, 3.8) is 0 Å². The van der Waals surface area contributed by atoms with Crippen molar-refractivity contribution in [2.45, 2.75) is 57.2 Å². The predicted octanol–water partition coefficient (Wildman–Crippen LogP) is 7.35. The highest BCUT2D eigenvalue weighted by Gasteiger charge is 2.30. The minimum Gasteiger partial charge on any atom is -0.305 e. The molecule has 1 N–H and O–H groups in total. The van der Waals surface area contributed by atoms with Crippen LogP contribution in [0.1, 0.15) is 67.2 Å². The second-order valence-electron chi connectivity index (χ2n) is 12.5. The molecule has 0 saturated carbocycles. The van der Waals surface area contributed by atoms with E-state index in [0.717, 1.165) is 71.9 Å². The van der Waals surface area contributed by atoms with Crippen LogP contribution in [0.3, 0.4) is 0 Å². The molecule has 3 aliphatic heterocycles. The van der Waals surface area contributed by atoms with E-state index in [4.69, 9.17) is 21.6 Å². The summed E-state index contributed by atoms with van der Waals surface area (Å²) in [5.41, 5.74) is 8.88. The second kappa shape index (κ2) is 10.7. The summed E-state index contributed by atoms with van der Waals surface area (Å²) >= 11 is 6.02. The van der Waals surface area contributed by atoms with Gasteiger partial charge >= 0.3 is 0 Å². The molecule has 0 amide bonds. The van der Waals surface area contributed by atoms with Gasteiger partial charge in [0.2, 0.25) is 0 Å². The summed E-state index contributed by atoms with van der Waals surface area (Å²) in [6.07, 6.45) is 6.48. The van der Waals surface area contributed by atoms with Gasteiger partial charge in [-0.05, 0) is 67.7 Å². The van der Waals surface area contributed by atoms with Gasteiger partial charge in [-0.2, -0.15) is 0 Å². The molecule has 2 atom stereocenters. The van der Waals surface area contributed by atoms with Crippen LogP contribution in [0, 0.1) is 0 Å². The van der Waals surface area contributed by atoms with Crippen molar-refractivity contribution in [3.8, 4) is 0 Å². The van der Waals surface area contributed by atoms with Crippen LogP contribution in [-0.2, 0) is 12.8 Å². The molecule has 0 spiro atoms. The van der Waals surface area contributed by atoms with Gasteiger partial charge in [-0.25, -0.2) is 19.9 Å². The van der Waals surface area contributed by atoms with Gasteiger partial charge in [-0.15, -0.1) is 0 Å². The van der Waals surface area contributed by atoms with Crippen LogP contribution in [0.2, 0.25) is 5.15 Å². The van der Waals surface area contributed by atoms with Crippen molar-refractivity contribution in [2.24, 2.45) is 0 Å². The molecule has 9 rings (SSSR count). The fourth-order valence-corrected chi connectivity index (χ4v) is 7.14. The molecule has 7 nitrogen and oxygen atoms in total. The van der Waals surface area contributed by atoms with Crippen LogP contribution in [0.4, 0.5) is 0 Å². The number of hydrogen-bond acceptors (Lipinski definition) is 5. The molecular weight excluding hydrogens is 566 g/mol. The SMILES string of the molecule is CC1(C)C=C(c2ccc3nc4n(c3n2)[C@@H](c2ccccc2)CC4)CN1.Clc1ccc2nc3n(c2n1)[C@@H](c1ccccc1)CC3. The number of benzene rings is 2. The lowest BCUT2D eigenvalue weighted by atomic mass is 10.0. The average molecular weight is 600 g/mol. The maximum absolute atomic E-state index is 6.02. The first-order valence-corrected chi connectivity index (χ1v) is 15.8. The van der Waals surface area contributed by atoms with Crippen molar-refractivity contribution in [2.75, 3.05) is 6.54 Å². The van der Waals surface area contributed by atoms with Crippen LogP contribution in [-0.4, -0.2) is 41.2 Å². The van der Waals surface area contributed by atoms with Gasteiger partial charge in [-0.3, -0.25) is 0 Å². The zero-order chi connectivity index (χ0) is 29.8. The number of aryl methyl sites for hydroxylation is 2. The number of pyridine rings is 2. The number of hydrogen-bond donors (Lipinski definition) is 1. The topological polar surface area (TPSA) is 73.5 Å². The first kappa shape index (κ1) is 27.2. The number of nitrogens with zero attached hydrogens (tertiary/aromatic N) is 6. The molecule has 4 aromatic heterocycles. The monoisotopic (exact) mass is 599 g/mol. The van der Waals surface area contributed by atoms with E-state index in [2.05, 4.69) is 111 Å². The lowest BCUT2D eigenvalue weighted by molar-refractivity contribution is 0.534. The summed E-state index contributed by atoms with van der Waals surface area (Å²) in [5.74, 6) is 2.27. The third kappa shape index (κ3) is 4.81. The Balaban J connectivity index is 0.000000136. The number of fused-ring (bicyclic) bond motifs is 6. The lowest BCUT2D eigenvalue weighted by Gasteiger charge is -2.14. The highest BCUT2D eigenvalue weighted by atomic mass is 35.5. The van der Waals surface area contributed by atoms with E-state index in [1.807, 2.05) is 12.1 Å². The van der Waals surface area contributed by atoms with Crippen molar-refractivity contribution >= 4 is 39.5 Å². The van der Waals surface area contributed by atoms with Crippen LogP contribution in [0.15, 0.2) is 91.0 Å².